The number of nitrogens with one attached hydrogen (secondary N) is 2. The number of anilines is 2. The van der Waals surface area contributed by atoms with Crippen molar-refractivity contribution in [2.24, 2.45) is 0 Å². The van der Waals surface area contributed by atoms with Crippen molar-refractivity contribution in [2.45, 2.75) is 4.90 Å². The Balaban J connectivity index is 1.95. The quantitative estimate of drug-likeness (QED) is 0.600. The SMILES string of the molecule is O=C1CN(c2ccc(S(=O)(=O)Nc3ccccc3)cc2[N+](=O)[O-])CCN1. The van der Waals surface area contributed by atoms with Crippen molar-refractivity contribution in [3.8, 4) is 0 Å². The number of para-hydroxylation sites is 1. The van der Waals surface area contributed by atoms with Crippen LogP contribution in [0.2, 0.25) is 0 Å². The molecule has 2 N–H and O–H groups in total. The maximum Gasteiger partial charge on any atom is 0.293 e. The summed E-state index contributed by atoms with van der Waals surface area (Å²) in [6.07, 6.45) is 0. The third kappa shape index (κ3) is 3.75. The second-order valence-electron chi connectivity index (χ2n) is 5.65. The summed E-state index contributed by atoms with van der Waals surface area (Å²) in [7, 11) is -3.98. The van der Waals surface area contributed by atoms with Crippen molar-refractivity contribution in [3.63, 3.8) is 0 Å². The Bertz CT molecular complexity index is 946. The third-order valence-electron chi connectivity index (χ3n) is 3.86. The summed E-state index contributed by atoms with van der Waals surface area (Å²) in [5.41, 5.74) is 0.200. The largest absolute Gasteiger partial charge is 0.355 e. The van der Waals surface area contributed by atoms with E-state index in [1.54, 1.807) is 35.2 Å². The minimum Gasteiger partial charge on any atom is -0.355 e. The van der Waals surface area contributed by atoms with Crippen LogP contribution in [-0.2, 0) is 14.8 Å². The summed E-state index contributed by atoms with van der Waals surface area (Å²) in [5, 5.41) is 14.1. The number of amides is 1. The van der Waals surface area contributed by atoms with E-state index in [-0.39, 0.29) is 28.7 Å². The van der Waals surface area contributed by atoms with E-state index in [9.17, 15) is 23.3 Å². The van der Waals surface area contributed by atoms with Gasteiger partial charge >= 0.3 is 0 Å². The van der Waals surface area contributed by atoms with E-state index in [2.05, 4.69) is 10.0 Å². The average molecular weight is 376 g/mol. The van der Waals surface area contributed by atoms with E-state index in [1.165, 1.54) is 12.1 Å². The van der Waals surface area contributed by atoms with Crippen LogP contribution in [0.5, 0.6) is 0 Å². The van der Waals surface area contributed by atoms with Crippen LogP contribution in [0.1, 0.15) is 0 Å². The van der Waals surface area contributed by atoms with Gasteiger partial charge in [-0.05, 0) is 24.3 Å². The molecule has 136 valence electrons. The molecule has 0 saturated carbocycles. The molecule has 1 heterocycles. The second-order valence-corrected chi connectivity index (χ2v) is 7.33. The Kier molecular flexibility index (Phi) is 4.76. The highest BCUT2D eigenvalue weighted by molar-refractivity contribution is 7.92. The molecule has 0 radical (unpaired) electrons. The molecular weight excluding hydrogens is 360 g/mol. The summed E-state index contributed by atoms with van der Waals surface area (Å²) in [5.74, 6) is -0.243. The molecule has 0 unspecified atom stereocenters. The predicted octanol–water partition coefficient (Wildman–Crippen LogP) is 1.33. The molecule has 1 aliphatic rings. The normalized spacial score (nSPS) is 14.6. The van der Waals surface area contributed by atoms with Gasteiger partial charge in [-0.25, -0.2) is 8.42 Å². The fourth-order valence-electron chi connectivity index (χ4n) is 2.65. The summed E-state index contributed by atoms with van der Waals surface area (Å²) < 4.78 is 27.4. The van der Waals surface area contributed by atoms with E-state index in [0.29, 0.717) is 18.8 Å². The van der Waals surface area contributed by atoms with E-state index in [1.807, 2.05) is 0 Å². The van der Waals surface area contributed by atoms with Gasteiger partial charge in [0, 0.05) is 24.8 Å². The Morgan fingerprint density at radius 3 is 2.54 bits per heavy atom. The van der Waals surface area contributed by atoms with Gasteiger partial charge in [-0.1, -0.05) is 18.2 Å². The molecule has 1 fully saturated rings. The molecule has 1 aliphatic heterocycles. The highest BCUT2D eigenvalue weighted by atomic mass is 32.2. The maximum atomic E-state index is 12.5. The molecular formula is C16H16N4O5S. The summed E-state index contributed by atoms with van der Waals surface area (Å²) >= 11 is 0. The zero-order valence-corrected chi connectivity index (χ0v) is 14.4. The summed E-state index contributed by atoms with van der Waals surface area (Å²) in [6.45, 7) is 0.752. The van der Waals surface area contributed by atoms with Crippen LogP contribution in [0.15, 0.2) is 53.4 Å². The Hall–Kier alpha value is -3.14. The third-order valence-corrected chi connectivity index (χ3v) is 5.24. The molecule has 0 aliphatic carbocycles. The topological polar surface area (TPSA) is 122 Å². The number of carbonyl (C=O) groups is 1. The van der Waals surface area contributed by atoms with Crippen LogP contribution < -0.4 is 14.9 Å². The van der Waals surface area contributed by atoms with Gasteiger partial charge in [-0.2, -0.15) is 0 Å². The van der Waals surface area contributed by atoms with Gasteiger partial charge < -0.3 is 10.2 Å². The van der Waals surface area contributed by atoms with Gasteiger partial charge in [0.2, 0.25) is 5.91 Å². The van der Waals surface area contributed by atoms with Gasteiger partial charge in [0.1, 0.15) is 5.69 Å². The first-order valence-electron chi connectivity index (χ1n) is 7.75. The molecule has 10 heteroatoms. The van der Waals surface area contributed by atoms with Crippen LogP contribution in [0.3, 0.4) is 0 Å². The van der Waals surface area contributed by atoms with Crippen molar-refractivity contribution in [1.29, 1.82) is 0 Å². The molecule has 0 spiro atoms. The van der Waals surface area contributed by atoms with Gasteiger partial charge in [0.05, 0.1) is 16.4 Å². The maximum absolute atomic E-state index is 12.5. The first kappa shape index (κ1) is 17.7. The first-order chi connectivity index (χ1) is 12.4. The minimum atomic E-state index is -3.98. The monoisotopic (exact) mass is 376 g/mol. The van der Waals surface area contributed by atoms with E-state index >= 15 is 0 Å². The highest BCUT2D eigenvalue weighted by Gasteiger charge is 2.27. The van der Waals surface area contributed by atoms with Crippen LogP contribution >= 0.6 is 0 Å². The van der Waals surface area contributed by atoms with E-state index in [4.69, 9.17) is 0 Å². The number of hydrogen-bond donors (Lipinski definition) is 2. The number of nitro groups is 1. The first-order valence-corrected chi connectivity index (χ1v) is 9.23. The number of carbonyl (C=O) groups excluding carboxylic acids is 1. The lowest BCUT2D eigenvalue weighted by Gasteiger charge is -2.28. The molecule has 2 aromatic rings. The van der Waals surface area contributed by atoms with Crippen LogP contribution in [0.4, 0.5) is 17.1 Å². The minimum absolute atomic E-state index is 0.0186. The van der Waals surface area contributed by atoms with Gasteiger partial charge in [-0.3, -0.25) is 19.6 Å². The Labute approximate surface area is 149 Å². The summed E-state index contributed by atoms with van der Waals surface area (Å²) in [4.78, 5) is 23.7. The van der Waals surface area contributed by atoms with Crippen molar-refractivity contribution in [1.82, 2.24) is 5.32 Å². The van der Waals surface area contributed by atoms with E-state index in [0.717, 1.165) is 6.07 Å². The van der Waals surface area contributed by atoms with Gasteiger partial charge in [0.15, 0.2) is 0 Å². The average Bonchev–Trinajstić information content (AvgIpc) is 2.61. The molecule has 9 nitrogen and oxygen atoms in total. The van der Waals surface area contributed by atoms with Gasteiger partial charge in [0.25, 0.3) is 15.7 Å². The fraction of sp³-hybridized carbons (Fsp3) is 0.188. The molecule has 2 aromatic carbocycles. The van der Waals surface area contributed by atoms with Crippen molar-refractivity contribution in [3.05, 3.63) is 58.6 Å². The number of nitrogens with zero attached hydrogens (tertiary/aromatic N) is 2. The lowest BCUT2D eigenvalue weighted by Crippen LogP contribution is -2.47. The molecule has 0 aromatic heterocycles. The molecule has 1 saturated heterocycles. The second kappa shape index (κ2) is 7.00. The number of rotatable bonds is 5. The highest BCUT2D eigenvalue weighted by Crippen LogP contribution is 2.31. The summed E-state index contributed by atoms with van der Waals surface area (Å²) in [6, 6.07) is 11.9. The smallest absolute Gasteiger partial charge is 0.293 e. The number of benzene rings is 2. The molecule has 1 amide bonds. The van der Waals surface area contributed by atoms with Crippen LogP contribution in [0, 0.1) is 10.1 Å². The van der Waals surface area contributed by atoms with E-state index < -0.39 is 14.9 Å². The van der Waals surface area contributed by atoms with Gasteiger partial charge in [-0.15, -0.1) is 0 Å². The van der Waals surface area contributed by atoms with Crippen molar-refractivity contribution < 1.29 is 18.1 Å². The number of piperazine rings is 1. The van der Waals surface area contributed by atoms with Crippen molar-refractivity contribution in [2.75, 3.05) is 29.3 Å². The van der Waals surface area contributed by atoms with Crippen molar-refractivity contribution >= 4 is 33.0 Å². The lowest BCUT2D eigenvalue weighted by atomic mass is 10.2. The molecule has 0 bridgehead atoms. The van der Waals surface area contributed by atoms with Crippen LogP contribution in [-0.4, -0.2) is 38.9 Å². The molecule has 3 rings (SSSR count). The zero-order chi connectivity index (χ0) is 18.7. The fourth-order valence-corrected chi connectivity index (χ4v) is 3.73. The lowest BCUT2D eigenvalue weighted by molar-refractivity contribution is -0.384. The Morgan fingerprint density at radius 1 is 1.15 bits per heavy atom. The van der Waals surface area contributed by atoms with Crippen LogP contribution in [0.25, 0.3) is 0 Å². The Morgan fingerprint density at radius 2 is 1.88 bits per heavy atom. The number of nitro benzene ring substituents is 1. The zero-order valence-electron chi connectivity index (χ0n) is 13.6. The number of sulfonamides is 1. The number of hydrogen-bond acceptors (Lipinski definition) is 6. The predicted molar refractivity (Wildman–Crippen MR) is 95.6 cm³/mol. The molecule has 0 atom stereocenters. The molecule has 26 heavy (non-hydrogen) atoms. The standard InChI is InChI=1S/C16H16N4O5S/c21-16-11-19(9-8-17-16)14-7-6-13(10-15(14)20(22)23)26(24,25)18-12-4-2-1-3-5-12/h1-7,10,18H,8-9,11H2,(H,17,21).